The van der Waals surface area contributed by atoms with Crippen LogP contribution in [0.25, 0.3) is 0 Å². The van der Waals surface area contributed by atoms with Gasteiger partial charge in [0.2, 0.25) is 0 Å². The summed E-state index contributed by atoms with van der Waals surface area (Å²) in [4.78, 5) is 12.0. The molecule has 23 heavy (non-hydrogen) atoms. The number of benzene rings is 1. The zero-order valence-electron chi connectivity index (χ0n) is 13.8. The van der Waals surface area contributed by atoms with E-state index in [1.807, 2.05) is 6.92 Å². The van der Waals surface area contributed by atoms with E-state index in [0.29, 0.717) is 42.6 Å². The number of hydrogen-bond acceptors (Lipinski definition) is 4. The first-order valence-corrected chi connectivity index (χ1v) is 7.95. The number of nitrogens with one attached hydrogen (secondary N) is 2. The third-order valence-electron chi connectivity index (χ3n) is 3.10. The summed E-state index contributed by atoms with van der Waals surface area (Å²) in [6.45, 7) is 4.92. The van der Waals surface area contributed by atoms with E-state index in [0.717, 1.165) is 0 Å². The van der Waals surface area contributed by atoms with E-state index < -0.39 is 0 Å². The smallest absolute Gasteiger partial charge is 0.319 e. The number of hydrogen-bond donors (Lipinski definition) is 3. The van der Waals surface area contributed by atoms with Gasteiger partial charge in [0.1, 0.15) is 6.61 Å². The highest BCUT2D eigenvalue weighted by atomic mass is 35.5. The van der Waals surface area contributed by atoms with Gasteiger partial charge in [-0.25, -0.2) is 4.79 Å². The van der Waals surface area contributed by atoms with Crippen molar-refractivity contribution in [3.63, 3.8) is 0 Å². The summed E-state index contributed by atoms with van der Waals surface area (Å²) in [6.07, 6.45) is 0.242. The highest BCUT2D eigenvalue weighted by Gasteiger charge is 2.13. The van der Waals surface area contributed by atoms with Crippen molar-refractivity contribution in [1.82, 2.24) is 5.32 Å². The number of halogens is 1. The van der Waals surface area contributed by atoms with Gasteiger partial charge in [-0.2, -0.15) is 0 Å². The Hall–Kier alpha value is -1.50. The van der Waals surface area contributed by atoms with Crippen LogP contribution < -0.4 is 15.4 Å². The molecule has 3 N–H and O–H groups in total. The van der Waals surface area contributed by atoms with Crippen LogP contribution in [0.15, 0.2) is 18.2 Å². The van der Waals surface area contributed by atoms with Gasteiger partial charge in [0.15, 0.2) is 5.75 Å². The molecule has 2 unspecified atom stereocenters. The SMILES string of the molecule is COCCOc1c(Cl)cccc1NC(=O)NCC(C)CC(C)O. The van der Waals surface area contributed by atoms with Crippen LogP contribution in [0.1, 0.15) is 20.3 Å². The zero-order chi connectivity index (χ0) is 17.2. The number of aliphatic hydroxyl groups is 1. The number of carbonyl (C=O) groups excluding carboxylic acids is 1. The summed E-state index contributed by atoms with van der Waals surface area (Å²) >= 11 is 6.11. The molecule has 0 spiro atoms. The summed E-state index contributed by atoms with van der Waals surface area (Å²) in [5.41, 5.74) is 0.495. The lowest BCUT2D eigenvalue weighted by Crippen LogP contribution is -2.33. The van der Waals surface area contributed by atoms with E-state index in [1.165, 1.54) is 0 Å². The quantitative estimate of drug-likeness (QED) is 0.602. The molecule has 1 aromatic rings. The van der Waals surface area contributed by atoms with Gasteiger partial charge in [0, 0.05) is 13.7 Å². The lowest BCUT2D eigenvalue weighted by molar-refractivity contribution is 0.146. The number of urea groups is 1. The maximum absolute atomic E-state index is 12.0. The second-order valence-corrected chi connectivity index (χ2v) is 5.89. The van der Waals surface area contributed by atoms with Crippen LogP contribution in [-0.4, -0.2) is 44.1 Å². The lowest BCUT2D eigenvalue weighted by atomic mass is 10.1. The maximum atomic E-state index is 12.0. The number of carbonyl (C=O) groups is 1. The van der Waals surface area contributed by atoms with Crippen molar-refractivity contribution in [3.05, 3.63) is 23.2 Å². The highest BCUT2D eigenvalue weighted by Crippen LogP contribution is 2.32. The van der Waals surface area contributed by atoms with Gasteiger partial charge >= 0.3 is 6.03 Å². The first kappa shape index (κ1) is 19.5. The highest BCUT2D eigenvalue weighted by molar-refractivity contribution is 6.32. The third-order valence-corrected chi connectivity index (χ3v) is 3.40. The van der Waals surface area contributed by atoms with E-state index in [1.54, 1.807) is 32.2 Å². The Balaban J connectivity index is 2.58. The zero-order valence-corrected chi connectivity index (χ0v) is 14.5. The summed E-state index contributed by atoms with van der Waals surface area (Å²) < 4.78 is 10.5. The molecule has 0 radical (unpaired) electrons. The molecule has 0 aliphatic heterocycles. The van der Waals surface area contributed by atoms with Crippen molar-refractivity contribution < 1.29 is 19.4 Å². The molecular formula is C16H25ClN2O4. The van der Waals surface area contributed by atoms with E-state index in [9.17, 15) is 9.90 Å². The molecule has 0 aromatic heterocycles. The molecule has 2 atom stereocenters. The number of amides is 2. The maximum Gasteiger partial charge on any atom is 0.319 e. The average molecular weight is 345 g/mol. The van der Waals surface area contributed by atoms with Crippen molar-refractivity contribution in [2.45, 2.75) is 26.4 Å². The molecule has 0 aliphatic rings. The van der Waals surface area contributed by atoms with Gasteiger partial charge < -0.3 is 25.2 Å². The molecule has 0 saturated carbocycles. The van der Waals surface area contributed by atoms with Crippen LogP contribution in [0.2, 0.25) is 5.02 Å². The van der Waals surface area contributed by atoms with Crippen molar-refractivity contribution in [1.29, 1.82) is 0 Å². The Bertz CT molecular complexity index is 497. The molecular weight excluding hydrogens is 320 g/mol. The fourth-order valence-electron chi connectivity index (χ4n) is 2.08. The number of para-hydroxylation sites is 1. The van der Waals surface area contributed by atoms with E-state index in [4.69, 9.17) is 21.1 Å². The normalized spacial score (nSPS) is 13.3. The number of rotatable bonds is 9. The lowest BCUT2D eigenvalue weighted by Gasteiger charge is -2.16. The van der Waals surface area contributed by atoms with Crippen molar-refractivity contribution in [3.8, 4) is 5.75 Å². The van der Waals surface area contributed by atoms with Crippen LogP contribution in [0.5, 0.6) is 5.75 Å². The van der Waals surface area contributed by atoms with Gasteiger partial charge in [0.05, 0.1) is 23.4 Å². The molecule has 1 aromatic carbocycles. The van der Waals surface area contributed by atoms with Crippen molar-refractivity contribution >= 4 is 23.3 Å². The second kappa shape index (κ2) is 10.3. The number of anilines is 1. The fourth-order valence-corrected chi connectivity index (χ4v) is 2.31. The fraction of sp³-hybridized carbons (Fsp3) is 0.562. The summed E-state index contributed by atoms with van der Waals surface area (Å²) in [5.74, 6) is 0.593. The van der Waals surface area contributed by atoms with Gasteiger partial charge in [-0.3, -0.25) is 0 Å². The number of aliphatic hydroxyl groups excluding tert-OH is 1. The van der Waals surface area contributed by atoms with E-state index in [2.05, 4.69) is 10.6 Å². The number of methoxy groups -OCH3 is 1. The molecule has 2 amide bonds. The standard InChI is InChI=1S/C16H25ClN2O4/c1-11(9-12(2)20)10-18-16(21)19-14-6-4-5-13(17)15(14)23-8-7-22-3/h4-6,11-12,20H,7-10H2,1-3H3,(H2,18,19,21). The predicted octanol–water partition coefficient (Wildman–Crippen LogP) is 2.89. The average Bonchev–Trinajstić information content (AvgIpc) is 2.47. The molecule has 6 nitrogen and oxygen atoms in total. The minimum atomic E-state index is -0.386. The second-order valence-electron chi connectivity index (χ2n) is 5.48. The Morgan fingerprint density at radius 2 is 2.09 bits per heavy atom. The van der Waals surface area contributed by atoms with Crippen LogP contribution in [0.4, 0.5) is 10.5 Å². The summed E-state index contributed by atoms with van der Waals surface area (Å²) in [6, 6.07) is 4.79. The minimum Gasteiger partial charge on any atom is -0.487 e. The molecule has 130 valence electrons. The monoisotopic (exact) mass is 344 g/mol. The van der Waals surface area contributed by atoms with Crippen molar-refractivity contribution in [2.24, 2.45) is 5.92 Å². The summed E-state index contributed by atoms with van der Waals surface area (Å²) in [5, 5.41) is 15.2. The topological polar surface area (TPSA) is 79.8 Å². The van der Waals surface area contributed by atoms with E-state index >= 15 is 0 Å². The Kier molecular flexibility index (Phi) is 8.76. The Labute approximate surface area is 142 Å². The summed E-state index contributed by atoms with van der Waals surface area (Å²) in [7, 11) is 1.58. The Morgan fingerprint density at radius 1 is 1.35 bits per heavy atom. The molecule has 7 heteroatoms. The van der Waals surface area contributed by atoms with Gasteiger partial charge in [-0.05, 0) is 31.4 Å². The van der Waals surface area contributed by atoms with Crippen LogP contribution in [0.3, 0.4) is 0 Å². The third kappa shape index (κ3) is 7.54. The van der Waals surface area contributed by atoms with Crippen LogP contribution >= 0.6 is 11.6 Å². The van der Waals surface area contributed by atoms with Gasteiger partial charge in [0.25, 0.3) is 0 Å². The first-order chi connectivity index (χ1) is 10.9. The molecule has 0 heterocycles. The molecule has 0 aliphatic carbocycles. The van der Waals surface area contributed by atoms with Gasteiger partial charge in [-0.1, -0.05) is 24.6 Å². The predicted molar refractivity (Wildman–Crippen MR) is 91.3 cm³/mol. The van der Waals surface area contributed by atoms with Crippen molar-refractivity contribution in [2.75, 3.05) is 32.2 Å². The molecule has 0 bridgehead atoms. The van der Waals surface area contributed by atoms with E-state index in [-0.39, 0.29) is 18.1 Å². The first-order valence-electron chi connectivity index (χ1n) is 7.57. The van der Waals surface area contributed by atoms with Crippen LogP contribution in [0, 0.1) is 5.92 Å². The Morgan fingerprint density at radius 3 is 2.74 bits per heavy atom. The molecule has 1 rings (SSSR count). The largest absolute Gasteiger partial charge is 0.487 e. The van der Waals surface area contributed by atoms with Crippen LogP contribution in [-0.2, 0) is 4.74 Å². The molecule has 0 saturated heterocycles. The number of ether oxygens (including phenoxy) is 2. The van der Waals surface area contributed by atoms with Gasteiger partial charge in [-0.15, -0.1) is 0 Å². The minimum absolute atomic E-state index is 0.178. The molecule has 0 fully saturated rings.